The van der Waals surface area contributed by atoms with Crippen LogP contribution in [-0.2, 0) is 16.1 Å². The molecule has 1 aliphatic rings. The van der Waals surface area contributed by atoms with Crippen molar-refractivity contribution in [1.29, 1.82) is 0 Å². The average molecular weight is 282 g/mol. The van der Waals surface area contributed by atoms with E-state index < -0.39 is 17.4 Å². The molecular formula is C13H18N2O5. The highest BCUT2D eigenvalue weighted by Crippen LogP contribution is 2.28. The van der Waals surface area contributed by atoms with Gasteiger partial charge in [-0.2, -0.15) is 0 Å². The van der Waals surface area contributed by atoms with E-state index in [0.29, 0.717) is 6.54 Å². The molecule has 2 atom stereocenters. The van der Waals surface area contributed by atoms with Gasteiger partial charge in [-0.15, -0.1) is 0 Å². The van der Waals surface area contributed by atoms with Crippen molar-refractivity contribution >= 4 is 12.0 Å². The lowest BCUT2D eigenvalue weighted by atomic mass is 9.85. The van der Waals surface area contributed by atoms with Crippen molar-refractivity contribution in [2.24, 2.45) is 5.41 Å². The summed E-state index contributed by atoms with van der Waals surface area (Å²) in [4.78, 5) is 24.8. The third kappa shape index (κ3) is 2.77. The summed E-state index contributed by atoms with van der Waals surface area (Å²) >= 11 is 0. The molecule has 2 unspecified atom stereocenters. The van der Waals surface area contributed by atoms with Crippen LogP contribution in [0, 0.1) is 5.41 Å². The summed E-state index contributed by atoms with van der Waals surface area (Å²) in [6.45, 7) is 2.26. The van der Waals surface area contributed by atoms with E-state index in [1.54, 1.807) is 26.3 Å². The number of amides is 2. The van der Waals surface area contributed by atoms with Crippen molar-refractivity contribution in [3.05, 3.63) is 24.2 Å². The molecule has 1 aromatic rings. The summed E-state index contributed by atoms with van der Waals surface area (Å²) < 4.78 is 10.1. The van der Waals surface area contributed by atoms with E-state index in [4.69, 9.17) is 9.15 Å². The Morgan fingerprint density at radius 3 is 2.95 bits per heavy atom. The molecule has 0 aliphatic carbocycles. The van der Waals surface area contributed by atoms with Crippen molar-refractivity contribution in [2.45, 2.75) is 19.5 Å². The van der Waals surface area contributed by atoms with Gasteiger partial charge in [-0.3, -0.25) is 4.79 Å². The van der Waals surface area contributed by atoms with Crippen molar-refractivity contribution in [3.8, 4) is 0 Å². The molecule has 0 aromatic carbocycles. The normalized spacial score (nSPS) is 25.4. The predicted molar refractivity (Wildman–Crippen MR) is 69.1 cm³/mol. The first kappa shape index (κ1) is 14.4. The van der Waals surface area contributed by atoms with Gasteiger partial charge in [-0.1, -0.05) is 0 Å². The van der Waals surface area contributed by atoms with Crippen molar-refractivity contribution in [3.63, 3.8) is 0 Å². The lowest BCUT2D eigenvalue weighted by molar-refractivity contribution is -0.148. The maximum Gasteiger partial charge on any atom is 0.317 e. The van der Waals surface area contributed by atoms with E-state index in [2.05, 4.69) is 5.32 Å². The second-order valence-corrected chi connectivity index (χ2v) is 5.23. The molecule has 2 amide bonds. The standard InChI is InChI=1S/C13H18N2O5/c1-13(11(16)17)8-20-7-10(13)14-12(18)15(2)5-9-3-4-19-6-9/h3-4,6,10H,5,7-8H2,1-2H3,(H,14,18)(H,16,17). The molecule has 7 heteroatoms. The number of carboxylic acid groups (broad SMARTS) is 1. The zero-order chi connectivity index (χ0) is 14.8. The van der Waals surface area contributed by atoms with Crippen molar-refractivity contribution < 1.29 is 23.8 Å². The van der Waals surface area contributed by atoms with E-state index >= 15 is 0 Å². The first-order valence-electron chi connectivity index (χ1n) is 6.27. The van der Waals surface area contributed by atoms with Crippen LogP contribution < -0.4 is 5.32 Å². The van der Waals surface area contributed by atoms with Crippen molar-refractivity contribution in [1.82, 2.24) is 10.2 Å². The Labute approximate surface area is 116 Å². The molecule has 7 nitrogen and oxygen atoms in total. The number of nitrogens with zero attached hydrogens (tertiary/aromatic N) is 1. The van der Waals surface area contributed by atoms with Crippen LogP contribution in [0.5, 0.6) is 0 Å². The lowest BCUT2D eigenvalue weighted by Crippen LogP contribution is -2.52. The molecule has 0 saturated carbocycles. The number of hydrogen-bond donors (Lipinski definition) is 2. The number of nitrogens with one attached hydrogen (secondary N) is 1. The van der Waals surface area contributed by atoms with Gasteiger partial charge in [0.2, 0.25) is 0 Å². The SMILES string of the molecule is CN(Cc1ccoc1)C(=O)NC1COCC1(C)C(=O)O. The van der Waals surface area contributed by atoms with E-state index in [9.17, 15) is 14.7 Å². The zero-order valence-electron chi connectivity index (χ0n) is 11.5. The third-order valence-corrected chi connectivity index (χ3v) is 3.59. The van der Waals surface area contributed by atoms with E-state index in [0.717, 1.165) is 5.56 Å². The topological polar surface area (TPSA) is 92.0 Å². The largest absolute Gasteiger partial charge is 0.481 e. The molecule has 1 aliphatic heterocycles. The Balaban J connectivity index is 1.95. The molecule has 0 radical (unpaired) electrons. The van der Waals surface area contributed by atoms with Gasteiger partial charge in [0.25, 0.3) is 0 Å². The first-order valence-corrected chi connectivity index (χ1v) is 6.27. The minimum Gasteiger partial charge on any atom is -0.481 e. The number of carbonyl (C=O) groups excluding carboxylic acids is 1. The Hall–Kier alpha value is -2.02. The highest BCUT2D eigenvalue weighted by Gasteiger charge is 2.47. The van der Waals surface area contributed by atoms with E-state index in [1.807, 2.05) is 0 Å². The van der Waals surface area contributed by atoms with Crippen LogP contribution in [0.25, 0.3) is 0 Å². The number of aliphatic carboxylic acids is 1. The Morgan fingerprint density at radius 2 is 2.35 bits per heavy atom. The van der Waals surface area contributed by atoms with Crippen LogP contribution in [0.3, 0.4) is 0 Å². The summed E-state index contributed by atoms with van der Waals surface area (Å²) in [5, 5.41) is 12.0. The minimum absolute atomic E-state index is 0.0960. The van der Waals surface area contributed by atoms with Gasteiger partial charge in [0.05, 0.1) is 38.3 Å². The molecule has 2 N–H and O–H groups in total. The molecule has 1 fully saturated rings. The van der Waals surface area contributed by atoms with Gasteiger partial charge < -0.3 is 24.5 Å². The number of carboxylic acids is 1. The molecule has 0 bridgehead atoms. The van der Waals surface area contributed by atoms with E-state index in [1.165, 1.54) is 11.2 Å². The minimum atomic E-state index is -1.09. The van der Waals surface area contributed by atoms with Gasteiger partial charge in [0.1, 0.15) is 5.41 Å². The van der Waals surface area contributed by atoms with Crippen LogP contribution in [-0.4, -0.2) is 48.3 Å². The fourth-order valence-corrected chi connectivity index (χ4v) is 2.07. The summed E-state index contributed by atoms with van der Waals surface area (Å²) in [6, 6.07) is 0.887. The molecule has 110 valence electrons. The van der Waals surface area contributed by atoms with Crippen LogP contribution in [0.2, 0.25) is 0 Å². The number of carbonyl (C=O) groups is 2. The second kappa shape index (κ2) is 5.54. The molecular weight excluding hydrogens is 264 g/mol. The molecule has 20 heavy (non-hydrogen) atoms. The molecule has 1 saturated heterocycles. The Bertz CT molecular complexity index is 487. The Kier molecular flexibility index (Phi) is 3.99. The first-order chi connectivity index (χ1) is 9.43. The predicted octanol–water partition coefficient (Wildman–Crippen LogP) is 0.911. The van der Waals surface area contributed by atoms with E-state index in [-0.39, 0.29) is 19.2 Å². The fourth-order valence-electron chi connectivity index (χ4n) is 2.07. The van der Waals surface area contributed by atoms with Crippen LogP contribution in [0.4, 0.5) is 4.79 Å². The number of urea groups is 1. The maximum atomic E-state index is 12.1. The van der Waals surface area contributed by atoms with Gasteiger partial charge in [-0.05, 0) is 13.0 Å². The van der Waals surface area contributed by atoms with Crippen LogP contribution in [0.15, 0.2) is 23.0 Å². The average Bonchev–Trinajstić information content (AvgIpc) is 3.01. The van der Waals surface area contributed by atoms with Crippen molar-refractivity contribution in [2.75, 3.05) is 20.3 Å². The fraction of sp³-hybridized carbons (Fsp3) is 0.538. The van der Waals surface area contributed by atoms with Crippen LogP contribution >= 0.6 is 0 Å². The zero-order valence-corrected chi connectivity index (χ0v) is 11.5. The van der Waals surface area contributed by atoms with Gasteiger partial charge in [0, 0.05) is 12.6 Å². The summed E-state index contributed by atoms with van der Waals surface area (Å²) in [6.07, 6.45) is 3.09. The quantitative estimate of drug-likeness (QED) is 0.856. The van der Waals surface area contributed by atoms with Gasteiger partial charge in [-0.25, -0.2) is 4.79 Å². The molecule has 1 aromatic heterocycles. The second-order valence-electron chi connectivity index (χ2n) is 5.23. The van der Waals surface area contributed by atoms with Crippen LogP contribution in [0.1, 0.15) is 12.5 Å². The molecule has 2 rings (SSSR count). The summed E-state index contributed by atoms with van der Waals surface area (Å²) in [5.74, 6) is -0.974. The highest BCUT2D eigenvalue weighted by atomic mass is 16.5. The Morgan fingerprint density at radius 1 is 1.60 bits per heavy atom. The monoisotopic (exact) mass is 282 g/mol. The summed E-state index contributed by atoms with van der Waals surface area (Å²) in [5.41, 5.74) is -0.224. The number of rotatable bonds is 4. The number of hydrogen-bond acceptors (Lipinski definition) is 4. The lowest BCUT2D eigenvalue weighted by Gasteiger charge is -2.27. The molecule has 0 spiro atoms. The summed E-state index contributed by atoms with van der Waals surface area (Å²) in [7, 11) is 1.64. The van der Waals surface area contributed by atoms with Gasteiger partial charge in [0.15, 0.2) is 0 Å². The smallest absolute Gasteiger partial charge is 0.317 e. The maximum absolute atomic E-state index is 12.1. The highest BCUT2D eigenvalue weighted by molar-refractivity contribution is 5.79. The number of ether oxygens (including phenoxy) is 1. The molecule has 2 heterocycles. The van der Waals surface area contributed by atoms with Gasteiger partial charge >= 0.3 is 12.0 Å². The third-order valence-electron chi connectivity index (χ3n) is 3.59. The number of furan rings is 1.